The lowest BCUT2D eigenvalue weighted by Crippen LogP contribution is -2.40. The number of ether oxygens (including phenoxy) is 3. The largest absolute Gasteiger partial charge is 0.491 e. The Morgan fingerprint density at radius 1 is 1.32 bits per heavy atom. The van der Waals surface area contributed by atoms with Crippen LogP contribution in [0.5, 0.6) is 0 Å². The molecule has 108 valence electrons. The molecule has 1 N–H and O–H groups in total. The Bertz CT molecular complexity index is 358. The van der Waals surface area contributed by atoms with E-state index < -0.39 is 0 Å². The predicted octanol–water partition coefficient (Wildman–Crippen LogP) is 1.59. The lowest BCUT2D eigenvalue weighted by Gasteiger charge is -2.29. The summed E-state index contributed by atoms with van der Waals surface area (Å²) >= 11 is 0. The molecule has 2 aliphatic rings. The van der Waals surface area contributed by atoms with Crippen molar-refractivity contribution in [2.24, 2.45) is 5.41 Å². The van der Waals surface area contributed by atoms with Crippen molar-refractivity contribution in [2.75, 3.05) is 33.5 Å². The number of allylic oxidation sites excluding steroid dienone is 1. The van der Waals surface area contributed by atoms with Crippen molar-refractivity contribution in [2.45, 2.75) is 32.6 Å². The molecular weight excluding hydrogens is 246 g/mol. The highest BCUT2D eigenvalue weighted by molar-refractivity contribution is 5.91. The molecule has 0 atom stereocenters. The van der Waals surface area contributed by atoms with Gasteiger partial charge >= 0.3 is 0 Å². The highest BCUT2D eigenvalue weighted by Gasteiger charge is 2.34. The molecule has 1 aliphatic heterocycles. The fraction of sp³-hybridized carbons (Fsp3) is 0.786. The number of hydrogen-bond donors (Lipinski definition) is 1. The van der Waals surface area contributed by atoms with E-state index in [0.29, 0.717) is 37.9 Å². The van der Waals surface area contributed by atoms with Crippen molar-refractivity contribution < 1.29 is 19.0 Å². The quantitative estimate of drug-likeness (QED) is 0.823. The smallest absolute Gasteiger partial charge is 0.289 e. The average Bonchev–Trinajstić information content (AvgIpc) is 2.86. The zero-order valence-electron chi connectivity index (χ0n) is 11.8. The molecule has 0 saturated heterocycles. The number of amides is 1. The molecule has 5 nitrogen and oxygen atoms in total. The maximum absolute atomic E-state index is 12.1. The first-order chi connectivity index (χ1) is 9.17. The summed E-state index contributed by atoms with van der Waals surface area (Å²) in [5.41, 5.74) is 0.0917. The van der Waals surface area contributed by atoms with Crippen LogP contribution in [0.1, 0.15) is 32.6 Å². The van der Waals surface area contributed by atoms with E-state index >= 15 is 0 Å². The van der Waals surface area contributed by atoms with Gasteiger partial charge in [0.05, 0.1) is 6.61 Å². The number of rotatable bonds is 5. The molecular formula is C14H23NO4. The molecule has 0 aromatic carbocycles. The summed E-state index contributed by atoms with van der Waals surface area (Å²) in [4.78, 5) is 12.1. The summed E-state index contributed by atoms with van der Waals surface area (Å²) in [5.74, 6) is 0.701. The third kappa shape index (κ3) is 3.41. The van der Waals surface area contributed by atoms with E-state index in [1.807, 2.05) is 0 Å². The van der Waals surface area contributed by atoms with E-state index in [2.05, 4.69) is 5.32 Å². The maximum atomic E-state index is 12.1. The first kappa shape index (κ1) is 14.2. The summed E-state index contributed by atoms with van der Waals surface area (Å²) in [6, 6.07) is 0. The van der Waals surface area contributed by atoms with Gasteiger partial charge in [-0.1, -0.05) is 12.8 Å². The van der Waals surface area contributed by atoms with Crippen LogP contribution < -0.4 is 5.32 Å². The van der Waals surface area contributed by atoms with Crippen molar-refractivity contribution >= 4 is 5.91 Å². The molecule has 1 aliphatic carbocycles. The molecule has 0 aromatic rings. The minimum atomic E-state index is -0.181. The normalized spacial score (nSPS) is 21.8. The van der Waals surface area contributed by atoms with Gasteiger partial charge in [0.2, 0.25) is 5.76 Å². The highest BCUT2D eigenvalue weighted by Crippen LogP contribution is 2.37. The van der Waals surface area contributed by atoms with Crippen molar-refractivity contribution in [1.29, 1.82) is 0 Å². The maximum Gasteiger partial charge on any atom is 0.289 e. The standard InChI is InChI=1S/C14H23NO4/c1-11-12(19-8-7-18-11)13(16)15-9-14(10-17-2)5-3-4-6-14/h3-10H2,1-2H3,(H,15,16). The summed E-state index contributed by atoms with van der Waals surface area (Å²) in [6.45, 7) is 4.04. The van der Waals surface area contributed by atoms with Crippen molar-refractivity contribution in [1.82, 2.24) is 5.32 Å². The molecule has 0 aromatic heterocycles. The molecule has 0 spiro atoms. The van der Waals surface area contributed by atoms with E-state index in [4.69, 9.17) is 14.2 Å². The predicted molar refractivity (Wildman–Crippen MR) is 70.4 cm³/mol. The Kier molecular flexibility index (Phi) is 4.69. The van der Waals surface area contributed by atoms with Crippen molar-refractivity contribution in [3.63, 3.8) is 0 Å². The van der Waals surface area contributed by atoms with Crippen molar-refractivity contribution in [3.05, 3.63) is 11.5 Å². The Balaban J connectivity index is 1.92. The minimum absolute atomic E-state index is 0.0917. The lowest BCUT2D eigenvalue weighted by molar-refractivity contribution is -0.123. The Morgan fingerprint density at radius 2 is 2.00 bits per heavy atom. The van der Waals surface area contributed by atoms with Gasteiger partial charge in [0, 0.05) is 19.1 Å². The van der Waals surface area contributed by atoms with Crippen LogP contribution >= 0.6 is 0 Å². The number of hydrogen-bond acceptors (Lipinski definition) is 4. The molecule has 0 radical (unpaired) electrons. The van der Waals surface area contributed by atoms with Gasteiger partial charge in [-0.3, -0.25) is 4.79 Å². The van der Waals surface area contributed by atoms with Gasteiger partial charge in [0.25, 0.3) is 5.91 Å². The summed E-state index contributed by atoms with van der Waals surface area (Å²) in [7, 11) is 1.71. The van der Waals surface area contributed by atoms with Gasteiger partial charge in [0.15, 0.2) is 0 Å². The molecule has 1 heterocycles. The molecule has 1 amide bonds. The molecule has 1 saturated carbocycles. The number of nitrogens with one attached hydrogen (secondary N) is 1. The van der Waals surface area contributed by atoms with Crippen LogP contribution in [0, 0.1) is 5.41 Å². The van der Waals surface area contributed by atoms with Crippen LogP contribution in [0.15, 0.2) is 11.5 Å². The van der Waals surface area contributed by atoms with E-state index in [0.717, 1.165) is 12.8 Å². The Labute approximate surface area is 114 Å². The first-order valence-corrected chi connectivity index (χ1v) is 6.90. The molecule has 0 bridgehead atoms. The SMILES string of the molecule is COCC1(CNC(=O)C2=C(C)OCCO2)CCCC1. The minimum Gasteiger partial charge on any atom is -0.491 e. The van der Waals surface area contributed by atoms with E-state index in [9.17, 15) is 4.79 Å². The number of carbonyl (C=O) groups is 1. The van der Waals surface area contributed by atoms with Gasteiger partial charge in [-0.05, 0) is 19.8 Å². The summed E-state index contributed by atoms with van der Waals surface area (Å²) in [5, 5.41) is 2.97. The second-order valence-electron chi connectivity index (χ2n) is 5.41. The van der Waals surface area contributed by atoms with Gasteiger partial charge in [-0.2, -0.15) is 0 Å². The molecule has 1 fully saturated rings. The summed E-state index contributed by atoms with van der Waals surface area (Å²) in [6.07, 6.45) is 4.63. The molecule has 5 heteroatoms. The first-order valence-electron chi connectivity index (χ1n) is 6.90. The van der Waals surface area contributed by atoms with Gasteiger partial charge < -0.3 is 19.5 Å². The van der Waals surface area contributed by atoms with Gasteiger partial charge in [-0.25, -0.2) is 0 Å². The second kappa shape index (κ2) is 6.28. The topological polar surface area (TPSA) is 56.8 Å². The van der Waals surface area contributed by atoms with Crippen molar-refractivity contribution in [3.8, 4) is 0 Å². The Hall–Kier alpha value is -1.23. The van der Waals surface area contributed by atoms with Gasteiger partial charge in [-0.15, -0.1) is 0 Å². The highest BCUT2D eigenvalue weighted by atomic mass is 16.6. The summed E-state index contributed by atoms with van der Waals surface area (Å²) < 4.78 is 16.0. The second-order valence-corrected chi connectivity index (χ2v) is 5.41. The average molecular weight is 269 g/mol. The van der Waals surface area contributed by atoms with Crippen LogP contribution in [0.25, 0.3) is 0 Å². The van der Waals surface area contributed by atoms with Gasteiger partial charge in [0.1, 0.15) is 19.0 Å². The zero-order valence-corrected chi connectivity index (χ0v) is 11.8. The van der Waals surface area contributed by atoms with Crippen LogP contribution in [-0.4, -0.2) is 39.4 Å². The van der Waals surface area contributed by atoms with E-state index in [1.54, 1.807) is 14.0 Å². The fourth-order valence-electron chi connectivity index (χ4n) is 2.88. The molecule has 19 heavy (non-hydrogen) atoms. The molecule has 0 unspecified atom stereocenters. The number of methoxy groups -OCH3 is 1. The van der Waals surface area contributed by atoms with E-state index in [1.165, 1.54) is 12.8 Å². The fourth-order valence-corrected chi connectivity index (χ4v) is 2.88. The van der Waals surface area contributed by atoms with Crippen LogP contribution in [0.3, 0.4) is 0 Å². The zero-order chi connectivity index (χ0) is 13.7. The van der Waals surface area contributed by atoms with Crippen LogP contribution in [-0.2, 0) is 19.0 Å². The third-order valence-corrected chi connectivity index (χ3v) is 3.91. The molecule has 2 rings (SSSR count). The van der Waals surface area contributed by atoms with Crippen LogP contribution in [0.2, 0.25) is 0 Å². The lowest BCUT2D eigenvalue weighted by atomic mass is 9.87. The number of carbonyl (C=O) groups excluding carboxylic acids is 1. The van der Waals surface area contributed by atoms with E-state index in [-0.39, 0.29) is 11.3 Å². The Morgan fingerprint density at radius 3 is 2.63 bits per heavy atom. The monoisotopic (exact) mass is 269 g/mol. The van der Waals surface area contributed by atoms with Crippen LogP contribution in [0.4, 0.5) is 0 Å². The third-order valence-electron chi connectivity index (χ3n) is 3.91.